The summed E-state index contributed by atoms with van der Waals surface area (Å²) in [5.41, 5.74) is 7.28. The second kappa shape index (κ2) is 5.46. The van der Waals surface area contributed by atoms with Gasteiger partial charge in [-0.3, -0.25) is 0 Å². The Balaban J connectivity index is 2.06. The van der Waals surface area contributed by atoms with Crippen LogP contribution in [0.2, 0.25) is 5.02 Å². The smallest absolute Gasteiger partial charge is 0.260 e. The molecule has 0 amide bonds. The molecular weight excluding hydrogens is 361 g/mol. The molecule has 4 nitrogen and oxygen atoms in total. The number of halogens is 3. The van der Waals surface area contributed by atoms with Gasteiger partial charge in [0.15, 0.2) is 0 Å². The normalized spacial score (nSPS) is 10.8. The lowest BCUT2D eigenvalue weighted by Gasteiger charge is -2.01. The van der Waals surface area contributed by atoms with Crippen molar-refractivity contribution < 1.29 is 8.91 Å². The van der Waals surface area contributed by atoms with Crippen molar-refractivity contribution in [1.29, 1.82) is 0 Å². The Morgan fingerprint density at radius 1 is 1.24 bits per heavy atom. The fourth-order valence-electron chi connectivity index (χ4n) is 1.86. The molecule has 0 aliphatic rings. The lowest BCUT2D eigenvalue weighted by Crippen LogP contribution is -1.91. The Morgan fingerprint density at radius 3 is 2.81 bits per heavy atom. The predicted molar refractivity (Wildman–Crippen MR) is 82.3 cm³/mol. The number of nitrogen functional groups attached to an aromatic ring is 1. The largest absolute Gasteiger partial charge is 0.397 e. The van der Waals surface area contributed by atoms with Crippen molar-refractivity contribution in [2.45, 2.75) is 0 Å². The summed E-state index contributed by atoms with van der Waals surface area (Å²) in [5, 5.41) is 4.25. The van der Waals surface area contributed by atoms with Crippen LogP contribution in [0.4, 0.5) is 10.1 Å². The van der Waals surface area contributed by atoms with Gasteiger partial charge in [-0.05, 0) is 30.3 Å². The van der Waals surface area contributed by atoms with Crippen LogP contribution in [0.1, 0.15) is 0 Å². The van der Waals surface area contributed by atoms with E-state index in [1.54, 1.807) is 24.3 Å². The van der Waals surface area contributed by atoms with E-state index in [1.165, 1.54) is 12.1 Å². The predicted octanol–water partition coefficient (Wildman–Crippen LogP) is 4.54. The van der Waals surface area contributed by atoms with Gasteiger partial charge >= 0.3 is 0 Å². The van der Waals surface area contributed by atoms with Crippen LogP contribution >= 0.6 is 27.5 Å². The highest BCUT2D eigenvalue weighted by atomic mass is 79.9. The van der Waals surface area contributed by atoms with E-state index < -0.39 is 5.82 Å². The Kier molecular flexibility index (Phi) is 3.65. The molecule has 21 heavy (non-hydrogen) atoms. The third-order valence-electron chi connectivity index (χ3n) is 2.83. The van der Waals surface area contributed by atoms with E-state index in [9.17, 15) is 4.39 Å². The third-order valence-corrected chi connectivity index (χ3v) is 3.62. The minimum absolute atomic E-state index is 0.227. The van der Waals surface area contributed by atoms with E-state index in [0.29, 0.717) is 26.3 Å². The monoisotopic (exact) mass is 367 g/mol. The average molecular weight is 369 g/mol. The molecule has 0 radical (unpaired) electrons. The second-order valence-corrected chi connectivity index (χ2v) is 5.61. The molecule has 0 fully saturated rings. The summed E-state index contributed by atoms with van der Waals surface area (Å²) < 4.78 is 19.2. The van der Waals surface area contributed by atoms with Gasteiger partial charge in [0.25, 0.3) is 5.89 Å². The van der Waals surface area contributed by atoms with E-state index >= 15 is 0 Å². The summed E-state index contributed by atoms with van der Waals surface area (Å²) in [6.45, 7) is 0. The van der Waals surface area contributed by atoms with Crippen LogP contribution in [0.3, 0.4) is 0 Å². The molecule has 1 heterocycles. The first-order chi connectivity index (χ1) is 10.0. The van der Waals surface area contributed by atoms with Gasteiger partial charge in [-0.2, -0.15) is 4.98 Å². The van der Waals surface area contributed by atoms with Gasteiger partial charge in [0, 0.05) is 10.0 Å². The zero-order valence-electron chi connectivity index (χ0n) is 10.5. The van der Waals surface area contributed by atoms with Crippen molar-refractivity contribution >= 4 is 33.2 Å². The SMILES string of the molecule is Nc1c(Cl)cccc1-c1nc(-c2cc(F)cc(Br)c2)no1. The second-order valence-electron chi connectivity index (χ2n) is 4.28. The molecule has 0 atom stereocenters. The standard InChI is InChI=1S/C14H8BrClFN3O/c15-8-4-7(5-9(17)6-8)13-19-14(21-20-13)10-2-1-3-11(16)12(10)18/h1-6H,18H2. The van der Waals surface area contributed by atoms with Crippen LogP contribution in [0.15, 0.2) is 45.4 Å². The summed E-state index contributed by atoms with van der Waals surface area (Å²) in [6.07, 6.45) is 0. The molecule has 3 aromatic rings. The fourth-order valence-corrected chi connectivity index (χ4v) is 2.50. The lowest BCUT2D eigenvalue weighted by atomic mass is 10.2. The van der Waals surface area contributed by atoms with Crippen molar-refractivity contribution in [3.8, 4) is 22.8 Å². The Morgan fingerprint density at radius 2 is 2.05 bits per heavy atom. The summed E-state index contributed by atoms with van der Waals surface area (Å²) in [6, 6.07) is 9.48. The van der Waals surface area contributed by atoms with Crippen LogP contribution in [0, 0.1) is 5.82 Å². The first-order valence-electron chi connectivity index (χ1n) is 5.89. The summed E-state index contributed by atoms with van der Waals surface area (Å²) >= 11 is 9.18. The van der Waals surface area contributed by atoms with Crippen molar-refractivity contribution in [2.75, 3.05) is 5.73 Å². The van der Waals surface area contributed by atoms with Gasteiger partial charge in [0.2, 0.25) is 5.82 Å². The topological polar surface area (TPSA) is 64.9 Å². The molecule has 0 saturated heterocycles. The van der Waals surface area contributed by atoms with Gasteiger partial charge in [0.05, 0.1) is 16.3 Å². The van der Waals surface area contributed by atoms with Gasteiger partial charge in [0.1, 0.15) is 5.82 Å². The Labute approximate surface area is 132 Å². The maximum Gasteiger partial charge on any atom is 0.260 e. The molecule has 1 aromatic heterocycles. The number of hydrogen-bond acceptors (Lipinski definition) is 4. The van der Waals surface area contributed by atoms with Crippen molar-refractivity contribution in [2.24, 2.45) is 0 Å². The maximum atomic E-state index is 13.4. The molecule has 0 aliphatic heterocycles. The number of hydrogen-bond donors (Lipinski definition) is 1. The van der Waals surface area contributed by atoms with Crippen molar-refractivity contribution in [3.05, 3.63) is 51.7 Å². The number of para-hydroxylation sites is 1. The van der Waals surface area contributed by atoms with E-state index in [2.05, 4.69) is 26.1 Å². The van der Waals surface area contributed by atoms with Crippen LogP contribution in [-0.2, 0) is 0 Å². The molecule has 2 aromatic carbocycles. The quantitative estimate of drug-likeness (QED) is 0.674. The molecule has 7 heteroatoms. The minimum atomic E-state index is -0.395. The minimum Gasteiger partial charge on any atom is -0.397 e. The molecule has 3 rings (SSSR count). The van der Waals surface area contributed by atoms with Gasteiger partial charge < -0.3 is 10.3 Å². The third kappa shape index (κ3) is 2.77. The van der Waals surface area contributed by atoms with Crippen LogP contribution in [-0.4, -0.2) is 10.1 Å². The summed E-state index contributed by atoms with van der Waals surface area (Å²) in [7, 11) is 0. The van der Waals surface area contributed by atoms with Gasteiger partial charge in [-0.1, -0.05) is 38.8 Å². The molecular formula is C14H8BrClFN3O. The van der Waals surface area contributed by atoms with E-state index in [-0.39, 0.29) is 11.7 Å². The zero-order chi connectivity index (χ0) is 15.0. The number of benzene rings is 2. The first kappa shape index (κ1) is 14.0. The zero-order valence-corrected chi connectivity index (χ0v) is 12.8. The highest BCUT2D eigenvalue weighted by Gasteiger charge is 2.15. The molecule has 0 saturated carbocycles. The summed E-state index contributed by atoms with van der Waals surface area (Å²) in [4.78, 5) is 4.23. The Hall–Kier alpha value is -1.92. The highest BCUT2D eigenvalue weighted by Crippen LogP contribution is 2.32. The molecule has 0 aliphatic carbocycles. The van der Waals surface area contributed by atoms with Crippen LogP contribution in [0.25, 0.3) is 22.8 Å². The van der Waals surface area contributed by atoms with Crippen molar-refractivity contribution in [3.63, 3.8) is 0 Å². The van der Waals surface area contributed by atoms with E-state index in [1.807, 2.05) is 0 Å². The number of rotatable bonds is 2. The van der Waals surface area contributed by atoms with Gasteiger partial charge in [-0.25, -0.2) is 4.39 Å². The maximum absolute atomic E-state index is 13.4. The lowest BCUT2D eigenvalue weighted by molar-refractivity contribution is 0.432. The number of nitrogens with two attached hydrogens (primary N) is 1. The number of anilines is 1. The van der Waals surface area contributed by atoms with Crippen molar-refractivity contribution in [1.82, 2.24) is 10.1 Å². The molecule has 106 valence electrons. The molecule has 0 bridgehead atoms. The molecule has 2 N–H and O–H groups in total. The van der Waals surface area contributed by atoms with Crippen LogP contribution in [0.5, 0.6) is 0 Å². The van der Waals surface area contributed by atoms with Gasteiger partial charge in [-0.15, -0.1) is 0 Å². The van der Waals surface area contributed by atoms with Crippen LogP contribution < -0.4 is 5.73 Å². The number of aromatic nitrogens is 2. The molecule has 0 spiro atoms. The number of nitrogens with zero attached hydrogens (tertiary/aromatic N) is 2. The van der Waals surface area contributed by atoms with E-state index in [4.69, 9.17) is 21.9 Å². The Bertz CT molecular complexity index is 801. The first-order valence-corrected chi connectivity index (χ1v) is 7.06. The summed E-state index contributed by atoms with van der Waals surface area (Å²) in [5.74, 6) is 0.1000. The fraction of sp³-hybridized carbons (Fsp3) is 0. The average Bonchev–Trinajstić information content (AvgIpc) is 2.90. The molecule has 0 unspecified atom stereocenters. The van der Waals surface area contributed by atoms with E-state index in [0.717, 1.165) is 0 Å². The highest BCUT2D eigenvalue weighted by molar-refractivity contribution is 9.10.